The van der Waals surface area contributed by atoms with Gasteiger partial charge >= 0.3 is 0 Å². The predicted octanol–water partition coefficient (Wildman–Crippen LogP) is 4.28. The number of carbonyl (C=O) groups is 1. The van der Waals surface area contributed by atoms with Crippen LogP contribution in [0.5, 0.6) is 5.75 Å². The number of hydrogen-bond donors (Lipinski definition) is 0. The minimum atomic E-state index is 0.0872. The van der Waals surface area contributed by atoms with Crippen LogP contribution in [-0.2, 0) is 6.61 Å². The van der Waals surface area contributed by atoms with E-state index in [4.69, 9.17) is 9.26 Å². The number of aromatic nitrogens is 1. The fourth-order valence-electron chi connectivity index (χ4n) is 3.39. The van der Waals surface area contributed by atoms with E-state index in [1.54, 1.807) is 0 Å². The summed E-state index contributed by atoms with van der Waals surface area (Å²) in [6, 6.07) is 7.74. The Morgan fingerprint density at radius 3 is 2.48 bits per heavy atom. The van der Waals surface area contributed by atoms with E-state index >= 15 is 0 Å². The van der Waals surface area contributed by atoms with Crippen LogP contribution in [0.1, 0.15) is 59.5 Å². The molecule has 5 nitrogen and oxygen atoms in total. The van der Waals surface area contributed by atoms with E-state index in [9.17, 15) is 4.79 Å². The molecule has 0 spiro atoms. The van der Waals surface area contributed by atoms with Crippen molar-refractivity contribution in [3.63, 3.8) is 0 Å². The largest absolute Gasteiger partial charge is 0.489 e. The second-order valence-corrected chi connectivity index (χ2v) is 6.82. The summed E-state index contributed by atoms with van der Waals surface area (Å²) in [4.78, 5) is 14.6. The van der Waals surface area contributed by atoms with Gasteiger partial charge in [0.2, 0.25) is 0 Å². The molecule has 0 bridgehead atoms. The number of nitrogens with zero attached hydrogens (tertiary/aromatic N) is 2. The van der Waals surface area contributed by atoms with Crippen molar-refractivity contribution >= 4 is 5.91 Å². The van der Waals surface area contributed by atoms with Gasteiger partial charge in [0.1, 0.15) is 18.1 Å². The van der Waals surface area contributed by atoms with Crippen molar-refractivity contribution in [2.75, 3.05) is 7.05 Å². The molecule has 0 saturated heterocycles. The van der Waals surface area contributed by atoms with Crippen LogP contribution in [0.15, 0.2) is 28.8 Å². The van der Waals surface area contributed by atoms with Crippen LogP contribution < -0.4 is 4.74 Å². The molecule has 1 aliphatic carbocycles. The number of amides is 1. The van der Waals surface area contributed by atoms with E-state index in [0.717, 1.165) is 35.6 Å². The Labute approximate surface area is 148 Å². The number of ether oxygens (including phenoxy) is 1. The van der Waals surface area contributed by atoms with Gasteiger partial charge in [-0.2, -0.15) is 0 Å². The standard InChI is InChI=1S/C20H26N2O3/c1-14-19(15(2)25-21-14)13-24-18-11-9-16(10-12-18)20(23)22(3)17-7-5-4-6-8-17/h9-12,17H,4-8,13H2,1-3H3. The quantitative estimate of drug-likeness (QED) is 0.814. The number of carbonyl (C=O) groups excluding carboxylic acids is 1. The van der Waals surface area contributed by atoms with Crippen molar-refractivity contribution in [2.24, 2.45) is 0 Å². The molecule has 25 heavy (non-hydrogen) atoms. The van der Waals surface area contributed by atoms with Gasteiger partial charge in [-0.1, -0.05) is 24.4 Å². The van der Waals surface area contributed by atoms with Gasteiger partial charge in [0.05, 0.1) is 11.3 Å². The van der Waals surface area contributed by atoms with Gasteiger partial charge in [0.25, 0.3) is 5.91 Å². The number of aryl methyl sites for hydroxylation is 2. The summed E-state index contributed by atoms with van der Waals surface area (Å²) in [5.41, 5.74) is 2.52. The van der Waals surface area contributed by atoms with Crippen LogP contribution in [0, 0.1) is 13.8 Å². The highest BCUT2D eigenvalue weighted by Gasteiger charge is 2.22. The highest BCUT2D eigenvalue weighted by atomic mass is 16.5. The molecule has 1 aliphatic rings. The molecule has 1 saturated carbocycles. The number of rotatable bonds is 5. The van der Waals surface area contributed by atoms with E-state index in [2.05, 4.69) is 5.16 Å². The smallest absolute Gasteiger partial charge is 0.253 e. The van der Waals surface area contributed by atoms with Gasteiger partial charge in [0, 0.05) is 18.7 Å². The fraction of sp³-hybridized carbons (Fsp3) is 0.500. The summed E-state index contributed by atoms with van der Waals surface area (Å²) in [7, 11) is 1.92. The summed E-state index contributed by atoms with van der Waals surface area (Å²) in [5.74, 6) is 1.60. The van der Waals surface area contributed by atoms with E-state index in [-0.39, 0.29) is 5.91 Å². The highest BCUT2D eigenvalue weighted by molar-refractivity contribution is 5.94. The summed E-state index contributed by atoms with van der Waals surface area (Å²) in [6.45, 7) is 4.19. The zero-order chi connectivity index (χ0) is 17.8. The lowest BCUT2D eigenvalue weighted by atomic mass is 9.94. The van der Waals surface area contributed by atoms with Gasteiger partial charge in [-0.25, -0.2) is 0 Å². The van der Waals surface area contributed by atoms with Crippen LogP contribution in [0.3, 0.4) is 0 Å². The predicted molar refractivity (Wildman–Crippen MR) is 95.7 cm³/mol. The lowest BCUT2D eigenvalue weighted by Gasteiger charge is -2.31. The molecule has 0 radical (unpaired) electrons. The average Bonchev–Trinajstić information content (AvgIpc) is 2.98. The normalized spacial score (nSPS) is 15.2. The van der Waals surface area contributed by atoms with Crippen molar-refractivity contribution in [1.82, 2.24) is 10.1 Å². The van der Waals surface area contributed by atoms with Gasteiger partial charge in [-0.05, 0) is 51.0 Å². The van der Waals surface area contributed by atoms with Gasteiger partial charge < -0.3 is 14.2 Å². The first-order valence-electron chi connectivity index (χ1n) is 8.98. The topological polar surface area (TPSA) is 55.6 Å². The third kappa shape index (κ3) is 4.03. The van der Waals surface area contributed by atoms with Crippen LogP contribution in [0.2, 0.25) is 0 Å². The minimum Gasteiger partial charge on any atom is -0.489 e. The second kappa shape index (κ2) is 7.72. The molecule has 0 atom stereocenters. The third-order valence-corrected chi connectivity index (χ3v) is 5.11. The SMILES string of the molecule is Cc1noc(C)c1COc1ccc(C(=O)N(C)C2CCCCC2)cc1. The third-order valence-electron chi connectivity index (χ3n) is 5.11. The Hall–Kier alpha value is -2.30. The van der Waals surface area contributed by atoms with E-state index in [1.165, 1.54) is 19.3 Å². The number of benzene rings is 1. The lowest BCUT2D eigenvalue weighted by Crippen LogP contribution is -2.38. The maximum absolute atomic E-state index is 12.7. The zero-order valence-corrected chi connectivity index (χ0v) is 15.2. The molecule has 0 aliphatic heterocycles. The summed E-state index contributed by atoms with van der Waals surface area (Å²) in [5, 5.41) is 3.92. The molecule has 2 aromatic rings. The molecule has 1 amide bonds. The average molecular weight is 342 g/mol. The molecular formula is C20H26N2O3. The first kappa shape index (κ1) is 17.5. The van der Waals surface area contributed by atoms with Crippen molar-refractivity contribution < 1.29 is 14.1 Å². The Morgan fingerprint density at radius 1 is 1.20 bits per heavy atom. The summed E-state index contributed by atoms with van der Waals surface area (Å²) < 4.78 is 10.9. The monoisotopic (exact) mass is 342 g/mol. The molecule has 5 heteroatoms. The van der Waals surface area contributed by atoms with E-state index in [0.29, 0.717) is 18.2 Å². The van der Waals surface area contributed by atoms with Crippen molar-refractivity contribution in [3.05, 3.63) is 46.8 Å². The minimum absolute atomic E-state index is 0.0872. The van der Waals surface area contributed by atoms with E-state index < -0.39 is 0 Å². The molecule has 134 valence electrons. The van der Waals surface area contributed by atoms with Crippen molar-refractivity contribution in [1.29, 1.82) is 0 Å². The van der Waals surface area contributed by atoms with Gasteiger partial charge in [-0.15, -0.1) is 0 Å². The van der Waals surface area contributed by atoms with Crippen molar-refractivity contribution in [3.8, 4) is 5.75 Å². The Morgan fingerprint density at radius 2 is 1.88 bits per heavy atom. The molecular weight excluding hydrogens is 316 g/mol. The second-order valence-electron chi connectivity index (χ2n) is 6.82. The first-order chi connectivity index (χ1) is 12.1. The molecule has 0 unspecified atom stereocenters. The van der Waals surface area contributed by atoms with Crippen LogP contribution in [-0.4, -0.2) is 29.1 Å². The van der Waals surface area contributed by atoms with Crippen LogP contribution in [0.4, 0.5) is 0 Å². The fourth-order valence-corrected chi connectivity index (χ4v) is 3.39. The Balaban J connectivity index is 1.60. The molecule has 1 aromatic heterocycles. The van der Waals surface area contributed by atoms with Gasteiger partial charge in [-0.3, -0.25) is 4.79 Å². The molecule has 1 heterocycles. The summed E-state index contributed by atoms with van der Waals surface area (Å²) in [6.07, 6.45) is 5.95. The molecule has 0 N–H and O–H groups in total. The van der Waals surface area contributed by atoms with Crippen molar-refractivity contribution in [2.45, 2.75) is 58.6 Å². The maximum Gasteiger partial charge on any atom is 0.253 e. The number of hydrogen-bond acceptors (Lipinski definition) is 4. The molecule has 3 rings (SSSR count). The molecule has 1 aromatic carbocycles. The van der Waals surface area contributed by atoms with E-state index in [1.807, 2.05) is 50.1 Å². The highest BCUT2D eigenvalue weighted by Crippen LogP contribution is 2.24. The van der Waals surface area contributed by atoms with Gasteiger partial charge in [0.15, 0.2) is 0 Å². The first-order valence-corrected chi connectivity index (χ1v) is 8.98. The maximum atomic E-state index is 12.7. The summed E-state index contributed by atoms with van der Waals surface area (Å²) >= 11 is 0. The lowest BCUT2D eigenvalue weighted by molar-refractivity contribution is 0.0696. The molecule has 1 fully saturated rings. The van der Waals surface area contributed by atoms with Crippen LogP contribution >= 0.6 is 0 Å². The van der Waals surface area contributed by atoms with Crippen LogP contribution in [0.25, 0.3) is 0 Å². The zero-order valence-electron chi connectivity index (χ0n) is 15.2. The Bertz CT molecular complexity index is 696. The Kier molecular flexibility index (Phi) is 5.41.